The van der Waals surface area contributed by atoms with Gasteiger partial charge in [-0.3, -0.25) is 4.79 Å². The van der Waals surface area contributed by atoms with Crippen LogP contribution in [-0.4, -0.2) is 41.5 Å². The molecule has 1 aromatic rings. The summed E-state index contributed by atoms with van der Waals surface area (Å²) in [6.45, 7) is 5.34. The molecule has 0 radical (unpaired) electrons. The fourth-order valence-electron chi connectivity index (χ4n) is 2.47. The Balaban J connectivity index is 2.40. The Bertz CT molecular complexity index is 547. The lowest BCUT2D eigenvalue weighted by atomic mass is 9.96. The second-order valence-electron chi connectivity index (χ2n) is 6.04. The maximum atomic E-state index is 12.3. The topological polar surface area (TPSA) is 96.0 Å². The molecule has 2 rings (SSSR count). The highest BCUT2D eigenvalue weighted by Gasteiger charge is 2.33. The summed E-state index contributed by atoms with van der Waals surface area (Å²) < 4.78 is 5.61. The van der Waals surface area contributed by atoms with E-state index in [1.54, 1.807) is 13.0 Å². The molecule has 0 aromatic heterocycles. The summed E-state index contributed by atoms with van der Waals surface area (Å²) in [7, 11) is 0. The van der Waals surface area contributed by atoms with Gasteiger partial charge in [-0.05, 0) is 30.5 Å². The van der Waals surface area contributed by atoms with Gasteiger partial charge in [0.05, 0.1) is 24.9 Å². The standard InChI is InChI=1S/C16H24N2O4/c1-9(2)15(17)11-4-5-14-13(6-11)18(7-12(20)8-19)16(21)10(3)22-14/h4-6,9-10,12,15,19-20H,7-8,17H2,1-3H3. The number of benzene rings is 1. The van der Waals surface area contributed by atoms with Crippen LogP contribution in [0, 0.1) is 5.92 Å². The van der Waals surface area contributed by atoms with Gasteiger partial charge in [0.1, 0.15) is 5.75 Å². The minimum atomic E-state index is -0.996. The van der Waals surface area contributed by atoms with E-state index >= 15 is 0 Å². The van der Waals surface area contributed by atoms with E-state index in [-0.39, 0.29) is 24.4 Å². The molecule has 0 saturated carbocycles. The number of hydrogen-bond donors (Lipinski definition) is 3. The summed E-state index contributed by atoms with van der Waals surface area (Å²) in [5.41, 5.74) is 7.67. The normalized spacial score (nSPS) is 20.6. The summed E-state index contributed by atoms with van der Waals surface area (Å²) in [6, 6.07) is 5.37. The van der Waals surface area contributed by atoms with Crippen molar-refractivity contribution in [1.82, 2.24) is 0 Å². The SMILES string of the molecule is CC1Oc2ccc(C(N)C(C)C)cc2N(CC(O)CO)C1=O. The second kappa shape index (κ2) is 6.64. The number of rotatable bonds is 5. The first-order valence-electron chi connectivity index (χ1n) is 7.51. The Morgan fingerprint density at radius 2 is 2.09 bits per heavy atom. The molecule has 3 unspecified atom stereocenters. The summed E-state index contributed by atoms with van der Waals surface area (Å²) in [5.74, 6) is 0.598. The number of nitrogens with two attached hydrogens (primary N) is 1. The number of amides is 1. The molecule has 22 heavy (non-hydrogen) atoms. The Hall–Kier alpha value is -1.63. The van der Waals surface area contributed by atoms with E-state index in [0.29, 0.717) is 11.4 Å². The minimum Gasteiger partial charge on any atom is -0.479 e. The van der Waals surface area contributed by atoms with Crippen LogP contribution in [0.15, 0.2) is 18.2 Å². The van der Waals surface area contributed by atoms with Crippen molar-refractivity contribution in [2.75, 3.05) is 18.1 Å². The van der Waals surface area contributed by atoms with Gasteiger partial charge in [0.2, 0.25) is 0 Å². The largest absolute Gasteiger partial charge is 0.479 e. The number of aliphatic hydroxyl groups is 2. The molecule has 1 aromatic carbocycles. The Labute approximate surface area is 130 Å². The van der Waals surface area contributed by atoms with E-state index in [2.05, 4.69) is 0 Å². The van der Waals surface area contributed by atoms with Gasteiger partial charge >= 0.3 is 0 Å². The van der Waals surface area contributed by atoms with Crippen molar-refractivity contribution >= 4 is 11.6 Å². The highest BCUT2D eigenvalue weighted by atomic mass is 16.5. The predicted molar refractivity (Wildman–Crippen MR) is 83.7 cm³/mol. The molecule has 4 N–H and O–H groups in total. The van der Waals surface area contributed by atoms with Crippen molar-refractivity contribution < 1.29 is 19.7 Å². The third-order valence-corrected chi connectivity index (χ3v) is 3.90. The Morgan fingerprint density at radius 1 is 1.41 bits per heavy atom. The lowest BCUT2D eigenvalue weighted by Gasteiger charge is -2.34. The summed E-state index contributed by atoms with van der Waals surface area (Å²) in [6.07, 6.45) is -1.62. The van der Waals surface area contributed by atoms with Gasteiger partial charge in [0.25, 0.3) is 5.91 Å². The molecular formula is C16H24N2O4. The van der Waals surface area contributed by atoms with Crippen molar-refractivity contribution in [1.29, 1.82) is 0 Å². The quantitative estimate of drug-likeness (QED) is 0.748. The van der Waals surface area contributed by atoms with Crippen LogP contribution < -0.4 is 15.4 Å². The highest BCUT2D eigenvalue weighted by molar-refractivity contribution is 6.00. The monoisotopic (exact) mass is 308 g/mol. The maximum Gasteiger partial charge on any atom is 0.267 e. The molecular weight excluding hydrogens is 284 g/mol. The van der Waals surface area contributed by atoms with Crippen molar-refractivity contribution in [3.63, 3.8) is 0 Å². The van der Waals surface area contributed by atoms with Gasteiger partial charge in [-0.15, -0.1) is 0 Å². The molecule has 1 heterocycles. The van der Waals surface area contributed by atoms with Crippen molar-refractivity contribution in [2.24, 2.45) is 11.7 Å². The number of carbonyl (C=O) groups is 1. The number of fused-ring (bicyclic) bond motifs is 1. The van der Waals surface area contributed by atoms with E-state index in [4.69, 9.17) is 15.6 Å². The summed E-state index contributed by atoms with van der Waals surface area (Å²) >= 11 is 0. The van der Waals surface area contributed by atoms with Gasteiger partial charge in [0.15, 0.2) is 6.10 Å². The van der Waals surface area contributed by atoms with Gasteiger partial charge in [-0.2, -0.15) is 0 Å². The van der Waals surface area contributed by atoms with Crippen LogP contribution in [0.25, 0.3) is 0 Å². The number of aliphatic hydroxyl groups excluding tert-OH is 2. The lowest BCUT2D eigenvalue weighted by molar-refractivity contribution is -0.126. The number of β-amino-alcohol motifs (C(OH)–C–C–N with tert-alkyl or cyclic N) is 1. The minimum absolute atomic E-state index is 0.0242. The molecule has 0 saturated heterocycles. The first kappa shape index (κ1) is 16.7. The molecule has 1 aliphatic rings. The van der Waals surface area contributed by atoms with Gasteiger partial charge in [0, 0.05) is 6.04 Å². The molecule has 1 aliphatic heterocycles. The number of ether oxygens (including phenoxy) is 1. The zero-order valence-electron chi connectivity index (χ0n) is 13.2. The number of hydrogen-bond acceptors (Lipinski definition) is 5. The Morgan fingerprint density at radius 3 is 2.68 bits per heavy atom. The smallest absolute Gasteiger partial charge is 0.267 e. The van der Waals surface area contributed by atoms with Gasteiger partial charge in [-0.1, -0.05) is 19.9 Å². The van der Waals surface area contributed by atoms with Gasteiger partial charge in [-0.25, -0.2) is 0 Å². The molecule has 3 atom stereocenters. The maximum absolute atomic E-state index is 12.3. The number of carbonyl (C=O) groups excluding carboxylic acids is 1. The second-order valence-corrected chi connectivity index (χ2v) is 6.04. The van der Waals surface area contributed by atoms with Gasteiger partial charge < -0.3 is 25.6 Å². The third-order valence-electron chi connectivity index (χ3n) is 3.90. The highest BCUT2D eigenvalue weighted by Crippen LogP contribution is 2.36. The zero-order valence-corrected chi connectivity index (χ0v) is 13.2. The first-order chi connectivity index (χ1) is 10.3. The average molecular weight is 308 g/mol. The predicted octanol–water partition coefficient (Wildman–Crippen LogP) is 0.809. The zero-order chi connectivity index (χ0) is 16.4. The van der Waals surface area contributed by atoms with Crippen LogP contribution in [0.2, 0.25) is 0 Å². The fourth-order valence-corrected chi connectivity index (χ4v) is 2.47. The van der Waals surface area contributed by atoms with Crippen molar-refractivity contribution in [3.8, 4) is 5.75 Å². The van der Waals surface area contributed by atoms with Crippen molar-refractivity contribution in [2.45, 2.75) is 39.0 Å². The molecule has 0 spiro atoms. The van der Waals surface area contributed by atoms with E-state index in [1.165, 1.54) is 4.90 Å². The first-order valence-corrected chi connectivity index (χ1v) is 7.51. The third kappa shape index (κ3) is 3.24. The number of anilines is 1. The summed E-state index contributed by atoms with van der Waals surface area (Å²) in [5, 5.41) is 18.7. The van der Waals surface area contributed by atoms with E-state index in [9.17, 15) is 9.90 Å². The van der Waals surface area contributed by atoms with Crippen LogP contribution in [0.1, 0.15) is 32.4 Å². The molecule has 0 fully saturated rings. The van der Waals surface area contributed by atoms with Crippen LogP contribution in [0.5, 0.6) is 5.75 Å². The summed E-state index contributed by atoms with van der Waals surface area (Å²) in [4.78, 5) is 13.8. The van der Waals surface area contributed by atoms with E-state index < -0.39 is 18.8 Å². The average Bonchev–Trinajstić information content (AvgIpc) is 2.50. The van der Waals surface area contributed by atoms with Crippen molar-refractivity contribution in [3.05, 3.63) is 23.8 Å². The Kier molecular flexibility index (Phi) is 5.05. The molecule has 1 amide bonds. The molecule has 122 valence electrons. The molecule has 6 heteroatoms. The molecule has 6 nitrogen and oxygen atoms in total. The van der Waals surface area contributed by atoms with Crippen LogP contribution in [0.4, 0.5) is 5.69 Å². The lowest BCUT2D eigenvalue weighted by Crippen LogP contribution is -2.48. The molecule has 0 bridgehead atoms. The number of nitrogens with zero attached hydrogens (tertiary/aromatic N) is 1. The molecule has 0 aliphatic carbocycles. The van der Waals surface area contributed by atoms with E-state index in [1.807, 2.05) is 26.0 Å². The van der Waals surface area contributed by atoms with Crippen LogP contribution in [0.3, 0.4) is 0 Å². The van der Waals surface area contributed by atoms with Crippen LogP contribution >= 0.6 is 0 Å². The van der Waals surface area contributed by atoms with Crippen LogP contribution in [-0.2, 0) is 4.79 Å². The fraction of sp³-hybridized carbons (Fsp3) is 0.562. The van der Waals surface area contributed by atoms with E-state index in [0.717, 1.165) is 5.56 Å².